The molecular weight excluding hydrogens is 194 g/mol. The second-order valence-electron chi connectivity index (χ2n) is 4.41. The first-order valence-corrected chi connectivity index (χ1v) is 5.23. The number of hydrogen-bond donors (Lipinski definition) is 2. The first-order valence-electron chi connectivity index (χ1n) is 5.23. The van der Waals surface area contributed by atoms with Crippen LogP contribution in [0.25, 0.3) is 0 Å². The quantitative estimate of drug-likeness (QED) is 0.699. The lowest BCUT2D eigenvalue weighted by Gasteiger charge is -2.16. The van der Waals surface area contributed by atoms with Crippen LogP contribution in [-0.2, 0) is 13.0 Å². The van der Waals surface area contributed by atoms with Crippen molar-refractivity contribution < 1.29 is 9.90 Å². The van der Waals surface area contributed by atoms with Crippen LogP contribution in [0, 0.1) is 0 Å². The van der Waals surface area contributed by atoms with E-state index in [2.05, 4.69) is 10.4 Å². The fourth-order valence-corrected chi connectivity index (χ4v) is 1.97. The van der Waals surface area contributed by atoms with Gasteiger partial charge in [0, 0.05) is 12.1 Å². The average Bonchev–Trinajstić information content (AvgIpc) is 2.76. The Morgan fingerprint density at radius 3 is 3.13 bits per heavy atom. The Labute approximate surface area is 87.1 Å². The molecule has 0 spiro atoms. The smallest absolute Gasteiger partial charge is 0.269 e. The van der Waals surface area contributed by atoms with Crippen LogP contribution >= 0.6 is 0 Å². The Morgan fingerprint density at radius 2 is 2.40 bits per heavy atom. The summed E-state index contributed by atoms with van der Waals surface area (Å²) in [6.45, 7) is 1.12. The summed E-state index contributed by atoms with van der Waals surface area (Å²) in [6.07, 6.45) is 4.19. The molecule has 0 bridgehead atoms. The third-order valence-corrected chi connectivity index (χ3v) is 3.08. The van der Waals surface area contributed by atoms with Crippen molar-refractivity contribution in [3.8, 4) is 0 Å². The zero-order valence-corrected chi connectivity index (χ0v) is 8.36. The Bertz CT molecular complexity index is 420. The third-order valence-electron chi connectivity index (χ3n) is 3.08. The summed E-state index contributed by atoms with van der Waals surface area (Å²) in [5.74, 6) is -0.0713. The van der Waals surface area contributed by atoms with Gasteiger partial charge in [-0.25, -0.2) is 0 Å². The van der Waals surface area contributed by atoms with E-state index in [4.69, 9.17) is 0 Å². The lowest BCUT2D eigenvalue weighted by Crippen LogP contribution is -2.34. The lowest BCUT2D eigenvalue weighted by molar-refractivity contribution is 0.0917. The molecule has 1 aromatic heterocycles. The summed E-state index contributed by atoms with van der Waals surface area (Å²) in [6, 6.07) is 0. The first-order chi connectivity index (χ1) is 7.18. The third kappa shape index (κ3) is 1.43. The molecule has 1 aromatic rings. The van der Waals surface area contributed by atoms with Crippen molar-refractivity contribution in [2.45, 2.75) is 31.4 Å². The molecule has 15 heavy (non-hydrogen) atoms. The number of hydrogen-bond acceptors (Lipinski definition) is 3. The molecule has 0 unspecified atom stereocenters. The maximum absolute atomic E-state index is 11.6. The second-order valence-corrected chi connectivity index (χ2v) is 4.41. The number of aliphatic hydroxyl groups is 1. The van der Waals surface area contributed by atoms with Crippen molar-refractivity contribution in [2.75, 3.05) is 6.54 Å². The van der Waals surface area contributed by atoms with Gasteiger partial charge in [0.1, 0.15) is 5.69 Å². The molecule has 2 N–H and O–H groups in total. The van der Waals surface area contributed by atoms with Crippen LogP contribution in [0.3, 0.4) is 0 Å². The molecule has 5 nitrogen and oxygen atoms in total. The van der Waals surface area contributed by atoms with Crippen LogP contribution in [-0.4, -0.2) is 32.9 Å². The predicted molar refractivity (Wildman–Crippen MR) is 52.4 cm³/mol. The normalized spacial score (nSPS) is 22.1. The van der Waals surface area contributed by atoms with E-state index in [1.165, 1.54) is 0 Å². The van der Waals surface area contributed by atoms with E-state index in [0.29, 0.717) is 18.8 Å². The van der Waals surface area contributed by atoms with Crippen molar-refractivity contribution in [1.29, 1.82) is 0 Å². The highest BCUT2D eigenvalue weighted by Gasteiger charge is 2.42. The van der Waals surface area contributed by atoms with Crippen LogP contribution in [0.15, 0.2) is 6.20 Å². The molecule has 3 rings (SSSR count). The lowest BCUT2D eigenvalue weighted by atomic mass is 10.1. The number of nitrogens with one attached hydrogen (secondary N) is 1. The largest absolute Gasteiger partial charge is 0.388 e. The van der Waals surface area contributed by atoms with Crippen molar-refractivity contribution >= 4 is 5.91 Å². The van der Waals surface area contributed by atoms with Gasteiger partial charge in [-0.3, -0.25) is 9.48 Å². The van der Waals surface area contributed by atoms with Gasteiger partial charge in [-0.05, 0) is 19.3 Å². The van der Waals surface area contributed by atoms with E-state index in [-0.39, 0.29) is 5.91 Å². The minimum absolute atomic E-state index is 0.0713. The summed E-state index contributed by atoms with van der Waals surface area (Å²) in [7, 11) is 0. The Kier molecular flexibility index (Phi) is 1.68. The molecule has 1 fully saturated rings. The second kappa shape index (κ2) is 2.82. The molecular formula is C10H13N3O2. The summed E-state index contributed by atoms with van der Waals surface area (Å²) < 4.78 is 1.64. The van der Waals surface area contributed by atoms with E-state index in [1.54, 1.807) is 10.9 Å². The van der Waals surface area contributed by atoms with Gasteiger partial charge in [-0.15, -0.1) is 0 Å². The molecule has 1 aliphatic heterocycles. The number of carbonyl (C=O) groups excluding carboxylic acids is 1. The van der Waals surface area contributed by atoms with Crippen molar-refractivity contribution in [3.63, 3.8) is 0 Å². The predicted octanol–water partition coefficient (Wildman–Crippen LogP) is -0.306. The summed E-state index contributed by atoms with van der Waals surface area (Å²) >= 11 is 0. The molecule has 2 heterocycles. The van der Waals surface area contributed by atoms with Gasteiger partial charge in [0.15, 0.2) is 0 Å². The molecule has 0 aromatic carbocycles. The van der Waals surface area contributed by atoms with Gasteiger partial charge >= 0.3 is 0 Å². The van der Waals surface area contributed by atoms with Gasteiger partial charge < -0.3 is 10.4 Å². The Morgan fingerprint density at radius 1 is 1.60 bits per heavy atom. The summed E-state index contributed by atoms with van der Waals surface area (Å²) in [5, 5.41) is 16.8. The number of nitrogens with zero attached hydrogens (tertiary/aromatic N) is 2. The summed E-state index contributed by atoms with van der Waals surface area (Å²) in [4.78, 5) is 11.6. The number of carbonyl (C=O) groups is 1. The van der Waals surface area contributed by atoms with Gasteiger partial charge in [-0.1, -0.05) is 0 Å². The molecule has 0 radical (unpaired) electrons. The number of amides is 1. The standard InChI is InChI=1S/C10H13N3O2/c14-9-8-7(1-4-11-9)5-12-13(8)6-10(15)2-3-10/h5,15H,1-4,6H2,(H,11,14). The maximum Gasteiger partial charge on any atom is 0.269 e. The van der Waals surface area contributed by atoms with E-state index >= 15 is 0 Å². The number of aromatic nitrogens is 2. The van der Waals surface area contributed by atoms with Crippen LogP contribution in [0.5, 0.6) is 0 Å². The zero-order valence-electron chi connectivity index (χ0n) is 8.36. The highest BCUT2D eigenvalue weighted by atomic mass is 16.3. The Balaban J connectivity index is 1.95. The number of rotatable bonds is 2. The molecule has 0 saturated heterocycles. The van der Waals surface area contributed by atoms with E-state index in [0.717, 1.165) is 24.8 Å². The minimum Gasteiger partial charge on any atom is -0.388 e. The summed E-state index contributed by atoms with van der Waals surface area (Å²) in [5.41, 5.74) is 1.00. The minimum atomic E-state index is -0.614. The van der Waals surface area contributed by atoms with Crippen LogP contribution in [0.2, 0.25) is 0 Å². The number of fused-ring (bicyclic) bond motifs is 1. The fraction of sp³-hybridized carbons (Fsp3) is 0.600. The molecule has 5 heteroatoms. The van der Waals surface area contributed by atoms with E-state index < -0.39 is 5.60 Å². The zero-order chi connectivity index (χ0) is 10.5. The van der Waals surface area contributed by atoms with Crippen molar-refractivity contribution in [2.24, 2.45) is 0 Å². The molecule has 80 valence electrons. The maximum atomic E-state index is 11.6. The van der Waals surface area contributed by atoms with E-state index in [9.17, 15) is 9.90 Å². The first kappa shape index (κ1) is 8.91. The molecule has 1 aliphatic carbocycles. The highest BCUT2D eigenvalue weighted by molar-refractivity contribution is 5.94. The average molecular weight is 207 g/mol. The highest BCUT2D eigenvalue weighted by Crippen LogP contribution is 2.36. The van der Waals surface area contributed by atoms with Gasteiger partial charge in [0.25, 0.3) is 5.91 Å². The van der Waals surface area contributed by atoms with Crippen LogP contribution in [0.4, 0.5) is 0 Å². The van der Waals surface area contributed by atoms with E-state index in [1.807, 2.05) is 0 Å². The van der Waals surface area contributed by atoms with Crippen molar-refractivity contribution in [1.82, 2.24) is 15.1 Å². The molecule has 2 aliphatic rings. The molecule has 1 saturated carbocycles. The van der Waals surface area contributed by atoms with Crippen LogP contribution < -0.4 is 5.32 Å². The Hall–Kier alpha value is -1.36. The van der Waals surface area contributed by atoms with Crippen molar-refractivity contribution in [3.05, 3.63) is 17.5 Å². The van der Waals surface area contributed by atoms with Gasteiger partial charge in [-0.2, -0.15) is 5.10 Å². The van der Waals surface area contributed by atoms with Gasteiger partial charge in [0.05, 0.1) is 18.3 Å². The topological polar surface area (TPSA) is 67.2 Å². The van der Waals surface area contributed by atoms with Crippen LogP contribution in [0.1, 0.15) is 28.9 Å². The monoisotopic (exact) mass is 207 g/mol. The molecule has 0 atom stereocenters. The SMILES string of the molecule is O=C1NCCc2cnn(CC3(O)CC3)c21. The fourth-order valence-electron chi connectivity index (χ4n) is 1.97. The molecule has 1 amide bonds. The van der Waals surface area contributed by atoms with Gasteiger partial charge in [0.2, 0.25) is 0 Å².